The monoisotopic (exact) mass is 277 g/mol. The molecule has 4 nitrogen and oxygen atoms in total. The lowest BCUT2D eigenvalue weighted by Crippen LogP contribution is -2.23. The molecule has 0 aromatic heterocycles. The van der Waals surface area contributed by atoms with Crippen LogP contribution in [0.5, 0.6) is 0 Å². The van der Waals surface area contributed by atoms with Crippen molar-refractivity contribution in [1.82, 2.24) is 0 Å². The summed E-state index contributed by atoms with van der Waals surface area (Å²) in [6.07, 6.45) is 6.43. The molecule has 0 saturated heterocycles. The second kappa shape index (κ2) is 6.32. The van der Waals surface area contributed by atoms with Gasteiger partial charge < -0.3 is 10.1 Å². The van der Waals surface area contributed by atoms with Crippen molar-refractivity contribution in [2.24, 2.45) is 5.92 Å². The average Bonchev–Trinajstić information content (AvgIpc) is 2.49. The second-order valence-electron chi connectivity index (χ2n) is 4.66. The zero-order valence-corrected chi connectivity index (χ0v) is 11.2. The third-order valence-electron chi connectivity index (χ3n) is 3.28. The molecule has 0 spiro atoms. The van der Waals surface area contributed by atoms with Crippen molar-refractivity contribution in [2.45, 2.75) is 19.3 Å². The fourth-order valence-electron chi connectivity index (χ4n) is 2.15. The Hall–Kier alpha value is -2.17. The molecule has 0 heterocycles. The molecular weight excluding hydrogens is 261 g/mol. The van der Waals surface area contributed by atoms with Gasteiger partial charge in [0.05, 0.1) is 12.7 Å². The van der Waals surface area contributed by atoms with E-state index in [-0.39, 0.29) is 17.4 Å². The van der Waals surface area contributed by atoms with Gasteiger partial charge in [-0.1, -0.05) is 12.2 Å². The molecule has 1 aromatic rings. The van der Waals surface area contributed by atoms with Crippen LogP contribution in [0.4, 0.5) is 10.1 Å². The molecule has 1 atom stereocenters. The molecule has 0 bridgehead atoms. The van der Waals surface area contributed by atoms with Crippen LogP contribution in [-0.2, 0) is 9.53 Å². The number of hydrogen-bond acceptors (Lipinski definition) is 3. The molecule has 1 aliphatic rings. The first-order valence-electron chi connectivity index (χ1n) is 6.45. The Morgan fingerprint density at radius 2 is 2.15 bits per heavy atom. The second-order valence-corrected chi connectivity index (χ2v) is 4.66. The smallest absolute Gasteiger partial charge is 0.340 e. The first kappa shape index (κ1) is 14.2. The zero-order chi connectivity index (χ0) is 14.5. The van der Waals surface area contributed by atoms with E-state index in [1.54, 1.807) is 0 Å². The predicted octanol–water partition coefficient (Wildman–Crippen LogP) is 2.91. The Kier molecular flexibility index (Phi) is 4.50. The van der Waals surface area contributed by atoms with Gasteiger partial charge in [-0.15, -0.1) is 0 Å². The molecule has 1 amide bonds. The molecule has 106 valence electrons. The maximum Gasteiger partial charge on any atom is 0.340 e. The summed E-state index contributed by atoms with van der Waals surface area (Å²) in [6, 6.07) is 3.86. The van der Waals surface area contributed by atoms with E-state index >= 15 is 0 Å². The van der Waals surface area contributed by atoms with Gasteiger partial charge in [0.25, 0.3) is 0 Å². The molecule has 2 rings (SSSR count). The van der Waals surface area contributed by atoms with Crippen molar-refractivity contribution >= 4 is 17.6 Å². The Morgan fingerprint density at radius 3 is 2.80 bits per heavy atom. The van der Waals surface area contributed by atoms with Gasteiger partial charge in [0.1, 0.15) is 5.82 Å². The number of nitrogens with one attached hydrogen (secondary N) is 1. The summed E-state index contributed by atoms with van der Waals surface area (Å²) in [6.45, 7) is 0. The van der Waals surface area contributed by atoms with E-state index in [0.717, 1.165) is 18.9 Å². The highest BCUT2D eigenvalue weighted by molar-refractivity contribution is 5.95. The van der Waals surface area contributed by atoms with Crippen molar-refractivity contribution in [3.63, 3.8) is 0 Å². The lowest BCUT2D eigenvalue weighted by atomic mass is 9.93. The van der Waals surface area contributed by atoms with Gasteiger partial charge >= 0.3 is 5.97 Å². The van der Waals surface area contributed by atoms with Gasteiger partial charge in [0.2, 0.25) is 5.91 Å². The molecule has 5 heteroatoms. The van der Waals surface area contributed by atoms with E-state index in [2.05, 4.69) is 16.1 Å². The van der Waals surface area contributed by atoms with Gasteiger partial charge in [-0.2, -0.15) is 0 Å². The minimum absolute atomic E-state index is 0.0772. The number of methoxy groups -OCH3 is 1. The van der Waals surface area contributed by atoms with E-state index in [0.29, 0.717) is 12.1 Å². The Balaban J connectivity index is 2.11. The Morgan fingerprint density at radius 1 is 1.35 bits per heavy atom. The third-order valence-corrected chi connectivity index (χ3v) is 3.28. The van der Waals surface area contributed by atoms with Crippen LogP contribution >= 0.6 is 0 Å². The number of rotatable bonds is 3. The summed E-state index contributed by atoms with van der Waals surface area (Å²) >= 11 is 0. The van der Waals surface area contributed by atoms with Crippen molar-refractivity contribution in [3.05, 3.63) is 41.7 Å². The lowest BCUT2D eigenvalue weighted by molar-refractivity contribution is -0.120. The number of benzene rings is 1. The average molecular weight is 277 g/mol. The molecule has 1 aliphatic carbocycles. The highest BCUT2D eigenvalue weighted by Gasteiger charge is 2.20. The minimum Gasteiger partial charge on any atom is -0.465 e. The van der Waals surface area contributed by atoms with Crippen LogP contribution in [0.25, 0.3) is 0 Å². The van der Waals surface area contributed by atoms with Crippen LogP contribution in [0, 0.1) is 11.7 Å². The zero-order valence-electron chi connectivity index (χ0n) is 11.2. The van der Waals surface area contributed by atoms with Gasteiger partial charge in [-0.25, -0.2) is 9.18 Å². The molecule has 0 aliphatic heterocycles. The fourth-order valence-corrected chi connectivity index (χ4v) is 2.15. The molecule has 0 saturated carbocycles. The van der Waals surface area contributed by atoms with Crippen LogP contribution in [0.15, 0.2) is 30.4 Å². The van der Waals surface area contributed by atoms with Gasteiger partial charge in [0.15, 0.2) is 0 Å². The first-order valence-corrected chi connectivity index (χ1v) is 6.45. The minimum atomic E-state index is -0.765. The van der Waals surface area contributed by atoms with Crippen LogP contribution in [-0.4, -0.2) is 19.0 Å². The number of hydrogen-bond donors (Lipinski definition) is 1. The largest absolute Gasteiger partial charge is 0.465 e. The van der Waals surface area contributed by atoms with Gasteiger partial charge in [-0.05, 0) is 37.5 Å². The summed E-state index contributed by atoms with van der Waals surface area (Å²) in [5, 5.41) is 2.71. The van der Waals surface area contributed by atoms with Crippen molar-refractivity contribution in [1.29, 1.82) is 0 Å². The summed E-state index contributed by atoms with van der Waals surface area (Å²) in [4.78, 5) is 23.4. The molecule has 0 radical (unpaired) electrons. The molecule has 0 fully saturated rings. The summed E-state index contributed by atoms with van der Waals surface area (Å²) in [7, 11) is 1.18. The van der Waals surface area contributed by atoms with Gasteiger partial charge in [-0.3, -0.25) is 4.79 Å². The summed E-state index contributed by atoms with van der Waals surface area (Å²) in [5.74, 6) is -1.63. The van der Waals surface area contributed by atoms with Crippen LogP contribution in [0.3, 0.4) is 0 Å². The number of carbonyl (C=O) groups is 2. The summed E-state index contributed by atoms with van der Waals surface area (Å²) < 4.78 is 18.0. The highest BCUT2D eigenvalue weighted by atomic mass is 19.1. The number of anilines is 1. The molecule has 20 heavy (non-hydrogen) atoms. The molecule has 1 aromatic carbocycles. The SMILES string of the molecule is COC(=O)c1cc(NC(=O)[C@H]2CC=CCC2)ccc1F. The Labute approximate surface area is 116 Å². The van der Waals surface area contributed by atoms with E-state index in [1.165, 1.54) is 19.2 Å². The lowest BCUT2D eigenvalue weighted by Gasteiger charge is -2.17. The van der Waals surface area contributed by atoms with Gasteiger partial charge in [0, 0.05) is 11.6 Å². The number of carbonyl (C=O) groups excluding carboxylic acids is 2. The topological polar surface area (TPSA) is 55.4 Å². The van der Waals surface area contributed by atoms with Crippen molar-refractivity contribution in [2.75, 3.05) is 12.4 Å². The fraction of sp³-hybridized carbons (Fsp3) is 0.333. The van der Waals surface area contributed by atoms with Crippen LogP contribution in [0.2, 0.25) is 0 Å². The van der Waals surface area contributed by atoms with E-state index in [1.807, 2.05) is 6.08 Å². The van der Waals surface area contributed by atoms with E-state index in [4.69, 9.17) is 0 Å². The number of ether oxygens (including phenoxy) is 1. The van der Waals surface area contributed by atoms with Crippen molar-refractivity contribution in [3.8, 4) is 0 Å². The molecule has 0 unspecified atom stereocenters. The third kappa shape index (κ3) is 3.23. The standard InChI is InChI=1S/C15H16FNO3/c1-20-15(19)12-9-11(7-8-13(12)16)17-14(18)10-5-3-2-4-6-10/h2-3,7-10H,4-6H2,1H3,(H,17,18)/t10-/m0/s1. The number of allylic oxidation sites excluding steroid dienone is 2. The maximum atomic E-state index is 13.5. The predicted molar refractivity (Wildman–Crippen MR) is 72.9 cm³/mol. The van der Waals surface area contributed by atoms with E-state index < -0.39 is 11.8 Å². The van der Waals surface area contributed by atoms with Crippen molar-refractivity contribution < 1.29 is 18.7 Å². The van der Waals surface area contributed by atoms with Crippen LogP contribution < -0.4 is 5.32 Å². The maximum absolute atomic E-state index is 13.5. The summed E-state index contributed by atoms with van der Waals surface area (Å²) in [5.41, 5.74) is 0.209. The number of halogens is 1. The normalized spacial score (nSPS) is 17.6. The Bertz CT molecular complexity index is 554. The van der Waals surface area contributed by atoms with E-state index in [9.17, 15) is 14.0 Å². The number of esters is 1. The molecule has 1 N–H and O–H groups in total. The van der Waals surface area contributed by atoms with Crippen LogP contribution in [0.1, 0.15) is 29.6 Å². The molecular formula is C15H16FNO3. The highest BCUT2D eigenvalue weighted by Crippen LogP contribution is 2.21. The quantitative estimate of drug-likeness (QED) is 0.682. The number of amides is 1. The first-order chi connectivity index (χ1) is 9.61.